The topological polar surface area (TPSA) is 101 Å². The quantitative estimate of drug-likeness (QED) is 0.609. The molecule has 0 bridgehead atoms. The Balaban J connectivity index is 2.14. The van der Waals surface area contributed by atoms with Gasteiger partial charge in [0.1, 0.15) is 0 Å². The van der Waals surface area contributed by atoms with Crippen molar-refractivity contribution >= 4 is 15.7 Å². The van der Waals surface area contributed by atoms with E-state index in [1.807, 2.05) is 0 Å². The third-order valence-electron chi connectivity index (χ3n) is 3.99. The fourth-order valence-corrected chi connectivity index (χ4v) is 4.04. The van der Waals surface area contributed by atoms with Crippen LogP contribution in [0.5, 0.6) is 0 Å². The van der Waals surface area contributed by atoms with E-state index in [4.69, 9.17) is 0 Å². The smallest absolute Gasteiger partial charge is 0.273 e. The SMILES string of the molecule is Cc1cc(C)c(S(=O)(=O)NCCC2CCNC2)cc1[N+](=O)[O-]. The van der Waals surface area contributed by atoms with Gasteiger partial charge in [-0.15, -0.1) is 0 Å². The van der Waals surface area contributed by atoms with E-state index in [9.17, 15) is 18.5 Å². The first-order valence-corrected chi connectivity index (χ1v) is 8.75. The van der Waals surface area contributed by atoms with Gasteiger partial charge in [0, 0.05) is 18.2 Å². The van der Waals surface area contributed by atoms with Crippen molar-refractivity contribution in [3.05, 3.63) is 33.4 Å². The number of nitrogens with one attached hydrogen (secondary N) is 2. The number of hydrogen-bond donors (Lipinski definition) is 2. The zero-order valence-electron chi connectivity index (χ0n) is 12.8. The Morgan fingerprint density at radius 3 is 2.68 bits per heavy atom. The van der Waals surface area contributed by atoms with Crippen LogP contribution >= 0.6 is 0 Å². The summed E-state index contributed by atoms with van der Waals surface area (Å²) in [5.74, 6) is 0.483. The molecule has 1 aliphatic rings. The van der Waals surface area contributed by atoms with Gasteiger partial charge < -0.3 is 5.32 Å². The molecule has 0 aromatic heterocycles. The molecule has 1 atom stereocenters. The third kappa shape index (κ3) is 3.82. The highest BCUT2D eigenvalue weighted by atomic mass is 32.2. The summed E-state index contributed by atoms with van der Waals surface area (Å²) in [7, 11) is -3.73. The van der Waals surface area contributed by atoms with Crippen LogP contribution in [0, 0.1) is 29.9 Å². The van der Waals surface area contributed by atoms with Crippen molar-refractivity contribution in [2.24, 2.45) is 5.92 Å². The molecule has 1 aromatic carbocycles. The minimum absolute atomic E-state index is 0.0191. The average Bonchev–Trinajstić information content (AvgIpc) is 2.90. The maximum absolute atomic E-state index is 12.4. The van der Waals surface area contributed by atoms with Crippen LogP contribution in [0.25, 0.3) is 0 Å². The lowest BCUT2D eigenvalue weighted by Crippen LogP contribution is -2.27. The summed E-state index contributed by atoms with van der Waals surface area (Å²) in [5, 5.41) is 14.2. The molecule has 1 fully saturated rings. The number of hydrogen-bond acceptors (Lipinski definition) is 5. The van der Waals surface area contributed by atoms with Gasteiger partial charge in [0.2, 0.25) is 10.0 Å². The van der Waals surface area contributed by atoms with Crippen molar-refractivity contribution in [3.63, 3.8) is 0 Å². The van der Waals surface area contributed by atoms with Gasteiger partial charge in [-0.3, -0.25) is 10.1 Å². The molecule has 2 N–H and O–H groups in total. The van der Waals surface area contributed by atoms with Crippen LogP contribution in [0.15, 0.2) is 17.0 Å². The van der Waals surface area contributed by atoms with Crippen molar-refractivity contribution in [1.82, 2.24) is 10.0 Å². The van der Waals surface area contributed by atoms with Gasteiger partial charge in [0.15, 0.2) is 0 Å². The Bertz CT molecular complexity index is 667. The molecule has 1 aliphatic heterocycles. The molecule has 0 radical (unpaired) electrons. The summed E-state index contributed by atoms with van der Waals surface area (Å²) >= 11 is 0. The number of nitrogens with zero attached hydrogens (tertiary/aromatic N) is 1. The normalized spacial score (nSPS) is 18.5. The zero-order valence-corrected chi connectivity index (χ0v) is 13.6. The molecule has 0 aliphatic carbocycles. The van der Waals surface area contributed by atoms with Crippen molar-refractivity contribution in [1.29, 1.82) is 0 Å². The number of nitro groups is 1. The average molecular weight is 327 g/mol. The second-order valence-electron chi connectivity index (χ2n) is 5.71. The van der Waals surface area contributed by atoms with E-state index in [0.717, 1.165) is 32.0 Å². The number of sulfonamides is 1. The highest BCUT2D eigenvalue weighted by molar-refractivity contribution is 7.89. The van der Waals surface area contributed by atoms with Gasteiger partial charge in [-0.1, -0.05) is 0 Å². The Morgan fingerprint density at radius 2 is 2.09 bits per heavy atom. The number of nitro benzene ring substituents is 1. The van der Waals surface area contributed by atoms with Gasteiger partial charge in [-0.05, 0) is 57.3 Å². The summed E-state index contributed by atoms with van der Waals surface area (Å²) < 4.78 is 27.3. The second-order valence-corrected chi connectivity index (χ2v) is 7.44. The summed E-state index contributed by atoms with van der Waals surface area (Å²) in [6.07, 6.45) is 1.82. The molecule has 1 heterocycles. The van der Waals surface area contributed by atoms with Gasteiger partial charge in [-0.25, -0.2) is 13.1 Å². The van der Waals surface area contributed by atoms with Gasteiger partial charge >= 0.3 is 0 Å². The lowest BCUT2D eigenvalue weighted by atomic mass is 10.1. The molecule has 0 spiro atoms. The van der Waals surface area contributed by atoms with E-state index in [-0.39, 0.29) is 10.6 Å². The predicted octanol–water partition coefficient (Wildman–Crippen LogP) is 1.49. The van der Waals surface area contributed by atoms with Crippen LogP contribution in [0.3, 0.4) is 0 Å². The summed E-state index contributed by atoms with van der Waals surface area (Å²) in [6.45, 7) is 5.47. The number of benzene rings is 1. The molecular weight excluding hydrogens is 306 g/mol. The highest BCUT2D eigenvalue weighted by Gasteiger charge is 2.23. The Morgan fingerprint density at radius 1 is 1.36 bits per heavy atom. The maximum atomic E-state index is 12.4. The third-order valence-corrected chi connectivity index (χ3v) is 5.59. The lowest BCUT2D eigenvalue weighted by molar-refractivity contribution is -0.385. The van der Waals surface area contributed by atoms with E-state index in [1.54, 1.807) is 13.8 Å². The van der Waals surface area contributed by atoms with Crippen LogP contribution in [0.2, 0.25) is 0 Å². The van der Waals surface area contributed by atoms with Crippen molar-refractivity contribution < 1.29 is 13.3 Å². The molecule has 1 saturated heterocycles. The molecule has 0 saturated carbocycles. The van der Waals surface area contributed by atoms with Gasteiger partial charge in [0.05, 0.1) is 9.82 Å². The fraction of sp³-hybridized carbons (Fsp3) is 0.571. The predicted molar refractivity (Wildman–Crippen MR) is 83.4 cm³/mol. The molecule has 22 heavy (non-hydrogen) atoms. The fourth-order valence-electron chi connectivity index (χ4n) is 2.74. The molecule has 2 rings (SSSR count). The van der Waals surface area contributed by atoms with E-state index in [0.29, 0.717) is 23.6 Å². The first kappa shape index (κ1) is 16.9. The van der Waals surface area contributed by atoms with Crippen LogP contribution in [-0.4, -0.2) is 33.0 Å². The number of rotatable bonds is 6. The van der Waals surface area contributed by atoms with Gasteiger partial charge in [-0.2, -0.15) is 0 Å². The molecule has 7 nitrogen and oxygen atoms in total. The zero-order chi connectivity index (χ0) is 16.3. The van der Waals surface area contributed by atoms with Crippen LogP contribution in [-0.2, 0) is 10.0 Å². The van der Waals surface area contributed by atoms with Crippen molar-refractivity contribution in [2.75, 3.05) is 19.6 Å². The first-order valence-electron chi connectivity index (χ1n) is 7.27. The Labute approximate surface area is 130 Å². The monoisotopic (exact) mass is 327 g/mol. The molecule has 8 heteroatoms. The molecule has 1 unspecified atom stereocenters. The van der Waals surface area contributed by atoms with Crippen LogP contribution in [0.4, 0.5) is 5.69 Å². The van der Waals surface area contributed by atoms with E-state index in [1.165, 1.54) is 6.07 Å². The maximum Gasteiger partial charge on any atom is 0.273 e. The summed E-state index contributed by atoms with van der Waals surface area (Å²) in [6, 6.07) is 2.68. The molecule has 0 amide bonds. The van der Waals surface area contributed by atoms with Crippen molar-refractivity contribution in [2.45, 2.75) is 31.6 Å². The van der Waals surface area contributed by atoms with Gasteiger partial charge in [0.25, 0.3) is 5.69 Å². The lowest BCUT2D eigenvalue weighted by Gasteiger charge is -2.12. The first-order chi connectivity index (χ1) is 10.3. The number of aryl methyl sites for hydroxylation is 2. The largest absolute Gasteiger partial charge is 0.316 e. The minimum atomic E-state index is -3.73. The van der Waals surface area contributed by atoms with Crippen molar-refractivity contribution in [3.8, 4) is 0 Å². The molecular formula is C14H21N3O4S. The van der Waals surface area contributed by atoms with E-state index < -0.39 is 14.9 Å². The molecule has 1 aromatic rings. The van der Waals surface area contributed by atoms with Crippen LogP contribution < -0.4 is 10.0 Å². The van der Waals surface area contributed by atoms with Crippen LogP contribution in [0.1, 0.15) is 24.0 Å². The van der Waals surface area contributed by atoms with E-state index >= 15 is 0 Å². The highest BCUT2D eigenvalue weighted by Crippen LogP contribution is 2.25. The van der Waals surface area contributed by atoms with E-state index in [2.05, 4.69) is 10.0 Å². The standard InChI is InChI=1S/C14H21N3O4S/c1-10-7-11(2)14(8-13(10)17(18)19)22(20,21)16-6-4-12-3-5-15-9-12/h7-8,12,15-16H,3-6,9H2,1-2H3. The minimum Gasteiger partial charge on any atom is -0.316 e. The second kappa shape index (κ2) is 6.72. The summed E-state index contributed by atoms with van der Waals surface area (Å²) in [5.41, 5.74) is 0.794. The Kier molecular flexibility index (Phi) is 5.15. The Hall–Kier alpha value is -1.51. The summed E-state index contributed by atoms with van der Waals surface area (Å²) in [4.78, 5) is 10.4. The molecule has 122 valence electrons.